The van der Waals surface area contributed by atoms with Gasteiger partial charge >= 0.3 is 6.03 Å². The van der Waals surface area contributed by atoms with Crippen LogP contribution in [0.1, 0.15) is 6.42 Å². The highest BCUT2D eigenvalue weighted by atomic mass is 79.9. The molecule has 3 rings (SSSR count). The Morgan fingerprint density at radius 2 is 2.30 bits per heavy atom. The van der Waals surface area contributed by atoms with Gasteiger partial charge in [-0.2, -0.15) is 11.8 Å². The highest BCUT2D eigenvalue weighted by Gasteiger charge is 2.18. The van der Waals surface area contributed by atoms with Crippen LogP contribution in [0.5, 0.6) is 0 Å². The molecule has 1 atom stereocenters. The fourth-order valence-electron chi connectivity index (χ4n) is 2.24. The first-order chi connectivity index (χ1) is 9.74. The van der Waals surface area contributed by atoms with Crippen LogP contribution in [0.25, 0.3) is 10.9 Å². The molecule has 6 heteroatoms. The van der Waals surface area contributed by atoms with Crippen LogP contribution in [0.3, 0.4) is 0 Å². The molecule has 2 heterocycles. The van der Waals surface area contributed by atoms with Gasteiger partial charge in [-0.3, -0.25) is 4.98 Å². The summed E-state index contributed by atoms with van der Waals surface area (Å²) in [7, 11) is 0. The normalized spacial score (nSPS) is 18.1. The Hall–Kier alpha value is -1.27. The number of aromatic nitrogens is 1. The molecule has 20 heavy (non-hydrogen) atoms. The number of hydrogen-bond donors (Lipinski definition) is 2. The molecule has 1 aromatic heterocycles. The van der Waals surface area contributed by atoms with Crippen molar-refractivity contribution < 1.29 is 4.79 Å². The van der Waals surface area contributed by atoms with E-state index in [-0.39, 0.29) is 12.1 Å². The Bertz CT molecular complexity index is 643. The first kappa shape index (κ1) is 13.7. The number of carbonyl (C=O) groups excluding carboxylic acids is 1. The summed E-state index contributed by atoms with van der Waals surface area (Å²) in [6, 6.07) is 7.73. The molecular weight excluding hydrogens is 338 g/mol. The maximum Gasteiger partial charge on any atom is 0.319 e. The molecule has 0 radical (unpaired) electrons. The minimum absolute atomic E-state index is 0.148. The van der Waals surface area contributed by atoms with Crippen molar-refractivity contribution >= 4 is 50.3 Å². The van der Waals surface area contributed by atoms with Crippen molar-refractivity contribution in [1.29, 1.82) is 0 Å². The number of hydrogen-bond acceptors (Lipinski definition) is 3. The maximum absolute atomic E-state index is 12.0. The van der Waals surface area contributed by atoms with Crippen LogP contribution in [0.4, 0.5) is 10.5 Å². The predicted molar refractivity (Wildman–Crippen MR) is 87.3 cm³/mol. The zero-order valence-electron chi connectivity index (χ0n) is 10.7. The van der Waals surface area contributed by atoms with Gasteiger partial charge in [0.25, 0.3) is 0 Å². The zero-order valence-corrected chi connectivity index (χ0v) is 13.1. The number of pyridine rings is 1. The summed E-state index contributed by atoms with van der Waals surface area (Å²) in [5, 5.41) is 6.85. The van der Waals surface area contributed by atoms with Crippen molar-refractivity contribution in [1.82, 2.24) is 10.3 Å². The number of halogens is 1. The molecule has 2 amide bonds. The summed E-state index contributed by atoms with van der Waals surface area (Å²) < 4.78 is 0.922. The van der Waals surface area contributed by atoms with E-state index in [1.54, 1.807) is 6.20 Å². The van der Waals surface area contributed by atoms with Crippen molar-refractivity contribution in [3.63, 3.8) is 0 Å². The maximum atomic E-state index is 12.0. The van der Waals surface area contributed by atoms with Crippen molar-refractivity contribution in [2.45, 2.75) is 12.5 Å². The van der Waals surface area contributed by atoms with Gasteiger partial charge < -0.3 is 10.6 Å². The first-order valence-corrected chi connectivity index (χ1v) is 8.37. The Labute approximate surface area is 129 Å². The third-order valence-electron chi connectivity index (χ3n) is 3.23. The number of benzene rings is 1. The number of urea groups is 1. The summed E-state index contributed by atoms with van der Waals surface area (Å²) >= 11 is 5.35. The van der Waals surface area contributed by atoms with Crippen LogP contribution in [0, 0.1) is 0 Å². The van der Waals surface area contributed by atoms with Gasteiger partial charge in [0.1, 0.15) is 0 Å². The first-order valence-electron chi connectivity index (χ1n) is 6.42. The van der Waals surface area contributed by atoms with E-state index >= 15 is 0 Å². The SMILES string of the molecule is O=C(Nc1ccc(Br)c2ncccc12)NC1CCSC1. The van der Waals surface area contributed by atoms with E-state index in [1.807, 2.05) is 36.0 Å². The van der Waals surface area contributed by atoms with Crippen LogP contribution in [-0.2, 0) is 0 Å². The number of fused-ring (bicyclic) bond motifs is 1. The van der Waals surface area contributed by atoms with Gasteiger partial charge in [-0.05, 0) is 52.4 Å². The van der Waals surface area contributed by atoms with Crippen molar-refractivity contribution in [2.24, 2.45) is 0 Å². The van der Waals surface area contributed by atoms with Gasteiger partial charge in [0.15, 0.2) is 0 Å². The monoisotopic (exact) mass is 351 g/mol. The lowest BCUT2D eigenvalue weighted by Gasteiger charge is -2.14. The fraction of sp³-hybridized carbons (Fsp3) is 0.286. The Morgan fingerprint density at radius 1 is 1.40 bits per heavy atom. The lowest BCUT2D eigenvalue weighted by Crippen LogP contribution is -2.37. The molecular formula is C14H14BrN3OS. The van der Waals surface area contributed by atoms with Gasteiger partial charge in [-0.25, -0.2) is 4.79 Å². The molecule has 104 valence electrons. The van der Waals surface area contributed by atoms with E-state index in [9.17, 15) is 4.79 Å². The van der Waals surface area contributed by atoms with Gasteiger partial charge in [0, 0.05) is 27.9 Å². The third kappa shape index (κ3) is 2.91. The minimum atomic E-state index is -0.148. The highest BCUT2D eigenvalue weighted by molar-refractivity contribution is 9.10. The molecule has 1 aromatic carbocycles. The summed E-state index contributed by atoms with van der Waals surface area (Å²) in [6.07, 6.45) is 2.79. The van der Waals surface area contributed by atoms with Crippen LogP contribution in [-0.4, -0.2) is 28.6 Å². The average Bonchev–Trinajstić information content (AvgIpc) is 2.95. The molecule has 1 saturated heterocycles. The molecule has 2 N–H and O–H groups in total. The predicted octanol–water partition coefficient (Wildman–Crippen LogP) is 3.62. The van der Waals surface area contributed by atoms with E-state index < -0.39 is 0 Å². The molecule has 1 aliphatic rings. The number of nitrogens with one attached hydrogen (secondary N) is 2. The smallest absolute Gasteiger partial charge is 0.319 e. The molecule has 0 spiro atoms. The van der Waals surface area contributed by atoms with Crippen molar-refractivity contribution in [3.05, 3.63) is 34.9 Å². The van der Waals surface area contributed by atoms with Crippen molar-refractivity contribution in [2.75, 3.05) is 16.8 Å². The number of carbonyl (C=O) groups is 1. The Morgan fingerprint density at radius 3 is 3.10 bits per heavy atom. The number of amides is 2. The second-order valence-electron chi connectivity index (χ2n) is 4.65. The molecule has 1 unspecified atom stereocenters. The van der Waals surface area contributed by atoms with Crippen LogP contribution in [0.15, 0.2) is 34.9 Å². The van der Waals surface area contributed by atoms with Gasteiger partial charge in [0.05, 0.1) is 11.2 Å². The van der Waals surface area contributed by atoms with Crippen LogP contribution >= 0.6 is 27.7 Å². The van der Waals surface area contributed by atoms with E-state index in [2.05, 4.69) is 31.5 Å². The molecule has 1 aliphatic heterocycles. The lowest BCUT2D eigenvalue weighted by molar-refractivity contribution is 0.249. The van der Waals surface area contributed by atoms with E-state index in [0.717, 1.165) is 39.0 Å². The molecule has 0 bridgehead atoms. The number of thioether (sulfide) groups is 1. The molecule has 1 fully saturated rings. The van der Waals surface area contributed by atoms with Crippen LogP contribution < -0.4 is 10.6 Å². The van der Waals surface area contributed by atoms with E-state index in [4.69, 9.17) is 0 Å². The average molecular weight is 352 g/mol. The molecule has 4 nitrogen and oxygen atoms in total. The summed E-state index contributed by atoms with van der Waals surface area (Å²) in [5.74, 6) is 2.12. The third-order valence-corrected chi connectivity index (χ3v) is 5.04. The molecule has 0 saturated carbocycles. The number of anilines is 1. The second-order valence-corrected chi connectivity index (χ2v) is 6.66. The fourth-order valence-corrected chi connectivity index (χ4v) is 3.84. The van der Waals surface area contributed by atoms with Crippen LogP contribution in [0.2, 0.25) is 0 Å². The highest BCUT2D eigenvalue weighted by Crippen LogP contribution is 2.28. The summed E-state index contributed by atoms with van der Waals surface area (Å²) in [4.78, 5) is 16.4. The van der Waals surface area contributed by atoms with E-state index in [1.165, 1.54) is 0 Å². The second kappa shape index (κ2) is 6.01. The largest absolute Gasteiger partial charge is 0.334 e. The van der Waals surface area contributed by atoms with Gasteiger partial charge in [0.2, 0.25) is 0 Å². The molecule has 2 aromatic rings. The number of nitrogens with zero attached hydrogens (tertiary/aromatic N) is 1. The van der Waals surface area contributed by atoms with Gasteiger partial charge in [-0.1, -0.05) is 0 Å². The quantitative estimate of drug-likeness (QED) is 0.868. The Kier molecular flexibility index (Phi) is 4.12. The topological polar surface area (TPSA) is 54.0 Å². The standard InChI is InChI=1S/C14H14BrN3OS/c15-11-3-4-12(10-2-1-6-16-13(10)11)18-14(19)17-9-5-7-20-8-9/h1-4,6,9H,5,7-8H2,(H2,17,18,19). The lowest BCUT2D eigenvalue weighted by atomic mass is 10.2. The Balaban J connectivity index is 1.80. The minimum Gasteiger partial charge on any atom is -0.334 e. The molecule has 0 aliphatic carbocycles. The zero-order chi connectivity index (χ0) is 13.9. The summed E-state index contributed by atoms with van der Waals surface area (Å²) in [5.41, 5.74) is 1.63. The van der Waals surface area contributed by atoms with Gasteiger partial charge in [-0.15, -0.1) is 0 Å². The van der Waals surface area contributed by atoms with Crippen molar-refractivity contribution in [3.8, 4) is 0 Å². The number of rotatable bonds is 2. The van der Waals surface area contributed by atoms with E-state index in [0.29, 0.717) is 0 Å². The summed E-state index contributed by atoms with van der Waals surface area (Å²) in [6.45, 7) is 0.